The van der Waals surface area contributed by atoms with E-state index in [-0.39, 0.29) is 24.7 Å². The quantitative estimate of drug-likeness (QED) is 0.809. The van der Waals surface area contributed by atoms with Gasteiger partial charge in [-0.3, -0.25) is 9.59 Å². The van der Waals surface area contributed by atoms with Crippen LogP contribution >= 0.6 is 0 Å². The zero-order chi connectivity index (χ0) is 17.5. The Morgan fingerprint density at radius 2 is 1.96 bits per heavy atom. The van der Waals surface area contributed by atoms with Crippen molar-refractivity contribution in [3.63, 3.8) is 0 Å². The number of hydrogen-bond donors (Lipinski definition) is 2. The molecular formula is C19H27N3O2. The van der Waals surface area contributed by atoms with E-state index in [0.29, 0.717) is 5.92 Å². The van der Waals surface area contributed by atoms with E-state index >= 15 is 0 Å². The van der Waals surface area contributed by atoms with Gasteiger partial charge in [-0.15, -0.1) is 0 Å². The average Bonchev–Trinajstić information content (AvgIpc) is 2.54. The van der Waals surface area contributed by atoms with Gasteiger partial charge in [0, 0.05) is 24.2 Å². The van der Waals surface area contributed by atoms with Crippen molar-refractivity contribution in [1.29, 1.82) is 0 Å². The van der Waals surface area contributed by atoms with Gasteiger partial charge >= 0.3 is 0 Å². The van der Waals surface area contributed by atoms with Crippen molar-refractivity contribution in [2.45, 2.75) is 59.3 Å². The lowest BCUT2D eigenvalue weighted by molar-refractivity contribution is -0.124. The lowest BCUT2D eigenvalue weighted by Crippen LogP contribution is -2.23. The molecule has 5 nitrogen and oxygen atoms in total. The fraction of sp³-hybridized carbons (Fsp3) is 0.526. The zero-order valence-electron chi connectivity index (χ0n) is 14.8. The Labute approximate surface area is 143 Å². The fourth-order valence-electron chi connectivity index (χ4n) is 2.87. The van der Waals surface area contributed by atoms with E-state index < -0.39 is 0 Å². The number of hydrazone groups is 1. The molecule has 1 aromatic rings. The maximum absolute atomic E-state index is 12.0. The predicted octanol–water partition coefficient (Wildman–Crippen LogP) is 3.70. The summed E-state index contributed by atoms with van der Waals surface area (Å²) in [4.78, 5) is 23.8. The zero-order valence-corrected chi connectivity index (χ0v) is 14.8. The van der Waals surface area contributed by atoms with Crippen LogP contribution in [0.5, 0.6) is 0 Å². The third-order valence-corrected chi connectivity index (χ3v) is 4.33. The predicted molar refractivity (Wildman–Crippen MR) is 97.0 cm³/mol. The molecule has 1 unspecified atom stereocenters. The van der Waals surface area contributed by atoms with Gasteiger partial charge in [-0.2, -0.15) is 5.10 Å². The first-order valence-electron chi connectivity index (χ1n) is 8.65. The van der Waals surface area contributed by atoms with Gasteiger partial charge in [0.2, 0.25) is 11.8 Å². The summed E-state index contributed by atoms with van der Waals surface area (Å²) in [5.41, 5.74) is 6.54. The van der Waals surface area contributed by atoms with E-state index in [1.165, 1.54) is 6.42 Å². The number of nitrogens with zero attached hydrogens (tertiary/aromatic N) is 1. The summed E-state index contributed by atoms with van der Waals surface area (Å²) in [6.07, 6.45) is 4.56. The van der Waals surface area contributed by atoms with Crippen LogP contribution in [0.15, 0.2) is 23.3 Å². The van der Waals surface area contributed by atoms with Crippen molar-refractivity contribution in [2.24, 2.45) is 11.0 Å². The molecule has 1 aliphatic rings. The number of carbonyl (C=O) groups is 2. The normalized spacial score (nSPS) is 19.1. The van der Waals surface area contributed by atoms with Crippen LogP contribution in [-0.2, 0) is 9.59 Å². The van der Waals surface area contributed by atoms with Crippen molar-refractivity contribution in [2.75, 3.05) is 5.32 Å². The molecule has 0 saturated heterocycles. The highest BCUT2D eigenvalue weighted by atomic mass is 16.2. The average molecular weight is 329 g/mol. The molecule has 5 heteroatoms. The minimum atomic E-state index is -0.211. The van der Waals surface area contributed by atoms with Crippen LogP contribution in [0.3, 0.4) is 0 Å². The van der Waals surface area contributed by atoms with Crippen LogP contribution in [0.2, 0.25) is 0 Å². The summed E-state index contributed by atoms with van der Waals surface area (Å²) in [6.45, 7) is 6.13. The molecule has 1 aromatic carbocycles. The third-order valence-electron chi connectivity index (χ3n) is 4.33. The molecule has 1 aliphatic carbocycles. The first-order chi connectivity index (χ1) is 11.4. The highest BCUT2D eigenvalue weighted by molar-refractivity contribution is 5.94. The highest BCUT2D eigenvalue weighted by Gasteiger charge is 2.14. The van der Waals surface area contributed by atoms with Gasteiger partial charge in [-0.05, 0) is 62.6 Å². The highest BCUT2D eigenvalue weighted by Crippen LogP contribution is 2.21. The summed E-state index contributed by atoms with van der Waals surface area (Å²) in [6, 6.07) is 5.91. The monoisotopic (exact) mass is 329 g/mol. The standard InChI is InChI=1S/C19H27N3O2/c1-13-5-4-6-16(11-13)21-22-19(24)10-9-18(23)20-17-12-14(2)7-8-15(17)3/h7-8,12-13H,4-6,9-11H2,1-3H3,(H,20,23)(H,22,24). The number of hydrogen-bond acceptors (Lipinski definition) is 3. The number of anilines is 1. The topological polar surface area (TPSA) is 70.6 Å². The lowest BCUT2D eigenvalue weighted by Gasteiger charge is -2.18. The van der Waals surface area contributed by atoms with Gasteiger partial charge in [0.15, 0.2) is 0 Å². The summed E-state index contributed by atoms with van der Waals surface area (Å²) in [5.74, 6) is 0.271. The van der Waals surface area contributed by atoms with Crippen molar-refractivity contribution >= 4 is 23.2 Å². The molecule has 0 aromatic heterocycles. The molecule has 0 spiro atoms. The Morgan fingerprint density at radius 3 is 2.71 bits per heavy atom. The van der Waals surface area contributed by atoms with Crippen LogP contribution in [0.4, 0.5) is 5.69 Å². The van der Waals surface area contributed by atoms with Gasteiger partial charge in [0.05, 0.1) is 0 Å². The van der Waals surface area contributed by atoms with E-state index in [1.54, 1.807) is 0 Å². The molecule has 0 radical (unpaired) electrons. The number of amides is 2. The second-order valence-corrected chi connectivity index (χ2v) is 6.78. The van der Waals surface area contributed by atoms with E-state index in [4.69, 9.17) is 0 Å². The molecule has 1 atom stereocenters. The smallest absolute Gasteiger partial charge is 0.240 e. The van der Waals surface area contributed by atoms with Gasteiger partial charge in [-0.1, -0.05) is 19.1 Å². The van der Waals surface area contributed by atoms with Crippen molar-refractivity contribution in [1.82, 2.24) is 5.43 Å². The Hall–Kier alpha value is -2.17. The summed E-state index contributed by atoms with van der Waals surface area (Å²) in [7, 11) is 0. The molecular weight excluding hydrogens is 302 g/mol. The van der Waals surface area contributed by atoms with E-state index in [9.17, 15) is 9.59 Å². The van der Waals surface area contributed by atoms with Crippen LogP contribution in [0.1, 0.15) is 56.6 Å². The third kappa shape index (κ3) is 5.80. The van der Waals surface area contributed by atoms with Gasteiger partial charge in [0.1, 0.15) is 0 Å². The number of carbonyl (C=O) groups excluding carboxylic acids is 2. The molecule has 24 heavy (non-hydrogen) atoms. The van der Waals surface area contributed by atoms with E-state index in [0.717, 1.165) is 41.8 Å². The summed E-state index contributed by atoms with van der Waals surface area (Å²) >= 11 is 0. The molecule has 2 rings (SSSR count). The Balaban J connectivity index is 1.76. The molecule has 0 aliphatic heterocycles. The van der Waals surface area contributed by atoms with Crippen LogP contribution in [-0.4, -0.2) is 17.5 Å². The molecule has 2 N–H and O–H groups in total. The Bertz CT molecular complexity index is 637. The van der Waals surface area contributed by atoms with Crippen LogP contribution < -0.4 is 10.7 Å². The van der Waals surface area contributed by atoms with E-state index in [2.05, 4.69) is 22.8 Å². The molecule has 0 heterocycles. The van der Waals surface area contributed by atoms with Crippen molar-refractivity contribution in [3.8, 4) is 0 Å². The van der Waals surface area contributed by atoms with Crippen molar-refractivity contribution in [3.05, 3.63) is 29.3 Å². The molecule has 1 fully saturated rings. The number of rotatable bonds is 5. The minimum absolute atomic E-state index is 0.142. The van der Waals surface area contributed by atoms with E-state index in [1.807, 2.05) is 32.0 Å². The summed E-state index contributed by atoms with van der Waals surface area (Å²) in [5, 5.41) is 7.07. The SMILES string of the molecule is Cc1ccc(C)c(NC(=O)CCC(=O)NN=C2CCCC(C)C2)c1. The molecule has 1 saturated carbocycles. The number of aryl methyl sites for hydroxylation is 2. The van der Waals surface area contributed by atoms with Crippen LogP contribution in [0.25, 0.3) is 0 Å². The second-order valence-electron chi connectivity index (χ2n) is 6.78. The first-order valence-corrected chi connectivity index (χ1v) is 8.65. The summed E-state index contributed by atoms with van der Waals surface area (Å²) < 4.78 is 0. The Kier molecular flexibility index (Phi) is 6.53. The number of benzene rings is 1. The Morgan fingerprint density at radius 1 is 1.21 bits per heavy atom. The number of nitrogens with one attached hydrogen (secondary N) is 2. The lowest BCUT2D eigenvalue weighted by atomic mass is 9.89. The molecule has 0 bridgehead atoms. The molecule has 2 amide bonds. The van der Waals surface area contributed by atoms with Gasteiger partial charge < -0.3 is 5.32 Å². The fourth-order valence-corrected chi connectivity index (χ4v) is 2.87. The van der Waals surface area contributed by atoms with Crippen LogP contribution in [0, 0.1) is 19.8 Å². The molecule has 130 valence electrons. The maximum atomic E-state index is 12.0. The van der Waals surface area contributed by atoms with Crippen molar-refractivity contribution < 1.29 is 9.59 Å². The van der Waals surface area contributed by atoms with Gasteiger partial charge in [-0.25, -0.2) is 5.43 Å². The maximum Gasteiger partial charge on any atom is 0.240 e. The second kappa shape index (κ2) is 8.62. The largest absolute Gasteiger partial charge is 0.326 e. The first kappa shape index (κ1) is 18.2. The van der Waals surface area contributed by atoms with Gasteiger partial charge in [0.25, 0.3) is 0 Å². The minimum Gasteiger partial charge on any atom is -0.326 e.